The van der Waals surface area contributed by atoms with Gasteiger partial charge in [-0.2, -0.15) is 0 Å². The van der Waals surface area contributed by atoms with Crippen molar-refractivity contribution in [2.24, 2.45) is 4.99 Å². The number of para-hydroxylation sites is 1. The van der Waals surface area contributed by atoms with E-state index in [-0.39, 0.29) is 5.69 Å². The largest absolute Gasteiger partial charge is 0.548 e. The van der Waals surface area contributed by atoms with Crippen LogP contribution in [-0.4, -0.2) is 26.8 Å². The fourth-order valence-electron chi connectivity index (χ4n) is 2.17. The number of aliphatic carboxylic acids is 1. The molecule has 2 aromatic rings. The Morgan fingerprint density at radius 1 is 1.43 bits per heavy atom. The summed E-state index contributed by atoms with van der Waals surface area (Å²) >= 11 is 0. The molecule has 0 saturated heterocycles. The number of carbonyl (C=O) groups excluding carboxylic acids is 1. The molecule has 21 heavy (non-hydrogen) atoms. The van der Waals surface area contributed by atoms with Crippen LogP contribution in [0.2, 0.25) is 0 Å². The van der Waals surface area contributed by atoms with Crippen LogP contribution in [0.15, 0.2) is 34.1 Å². The molecule has 2 heterocycles. The number of H-pyrrole nitrogens is 1. The lowest BCUT2D eigenvalue weighted by molar-refractivity contribution is -0.306. The molecule has 1 aromatic heterocycles. The van der Waals surface area contributed by atoms with Gasteiger partial charge in [-0.3, -0.25) is 9.56 Å². The van der Waals surface area contributed by atoms with Crippen LogP contribution in [0.1, 0.15) is 11.3 Å². The standard InChI is InChI=1S/C14H11N3O4/c18-12(19)7-17-13(20)11(16-14(17)21)5-8-6-15-10-4-2-1-3-9(8)10/h1-6,20H,7H2,(H,16,21)(H,18,19)/p-1/b8-5+. The van der Waals surface area contributed by atoms with Crippen LogP contribution in [0.5, 0.6) is 5.88 Å². The maximum absolute atomic E-state index is 11.6. The minimum atomic E-state index is -1.46. The molecule has 106 valence electrons. The number of nitrogens with zero attached hydrogens (tertiary/aromatic N) is 2. The summed E-state index contributed by atoms with van der Waals surface area (Å²) in [5, 5.41) is 20.5. The molecule has 1 aliphatic heterocycles. The van der Waals surface area contributed by atoms with Gasteiger partial charge in [0.2, 0.25) is 5.88 Å². The molecule has 1 aromatic carbocycles. The Kier molecular flexibility index (Phi) is 2.94. The zero-order chi connectivity index (χ0) is 15.0. The molecule has 7 heteroatoms. The zero-order valence-electron chi connectivity index (χ0n) is 10.7. The van der Waals surface area contributed by atoms with E-state index >= 15 is 0 Å². The van der Waals surface area contributed by atoms with E-state index in [1.165, 1.54) is 6.08 Å². The summed E-state index contributed by atoms with van der Waals surface area (Å²) in [5.74, 6) is -1.91. The number of carboxylic acids is 1. The second-order valence-corrected chi connectivity index (χ2v) is 4.50. The molecule has 0 spiro atoms. The van der Waals surface area contributed by atoms with Crippen molar-refractivity contribution in [3.05, 3.63) is 46.0 Å². The maximum Gasteiger partial charge on any atom is 0.329 e. The Morgan fingerprint density at radius 2 is 2.19 bits per heavy atom. The zero-order valence-corrected chi connectivity index (χ0v) is 10.7. The van der Waals surface area contributed by atoms with Crippen LogP contribution in [0.4, 0.5) is 5.69 Å². The van der Waals surface area contributed by atoms with E-state index in [0.29, 0.717) is 10.1 Å². The monoisotopic (exact) mass is 284 g/mol. The average molecular weight is 284 g/mol. The molecule has 1 aliphatic rings. The van der Waals surface area contributed by atoms with E-state index in [9.17, 15) is 19.8 Å². The summed E-state index contributed by atoms with van der Waals surface area (Å²) < 4.78 is 0.694. The van der Waals surface area contributed by atoms with Crippen LogP contribution in [0.3, 0.4) is 0 Å². The summed E-state index contributed by atoms with van der Waals surface area (Å²) in [7, 11) is 0. The Bertz CT molecular complexity index is 842. The van der Waals surface area contributed by atoms with Gasteiger partial charge in [0.1, 0.15) is 5.69 Å². The number of fused-ring (bicyclic) bond motifs is 1. The molecule has 0 atom stereocenters. The predicted octanol–water partition coefficient (Wildman–Crippen LogP) is -0.112. The Hall–Kier alpha value is -3.09. The normalized spacial score (nSPS) is 14.6. The minimum absolute atomic E-state index is 0.124. The van der Waals surface area contributed by atoms with Crippen molar-refractivity contribution in [2.75, 3.05) is 0 Å². The van der Waals surface area contributed by atoms with Gasteiger partial charge in [-0.25, -0.2) is 4.79 Å². The highest BCUT2D eigenvalue weighted by Crippen LogP contribution is 2.32. The van der Waals surface area contributed by atoms with E-state index in [4.69, 9.17) is 0 Å². The van der Waals surface area contributed by atoms with Gasteiger partial charge in [-0.1, -0.05) is 18.2 Å². The Morgan fingerprint density at radius 3 is 2.95 bits per heavy atom. The predicted molar refractivity (Wildman–Crippen MR) is 74.2 cm³/mol. The maximum atomic E-state index is 11.6. The number of imidazole rings is 1. The van der Waals surface area contributed by atoms with Crippen molar-refractivity contribution in [3.63, 3.8) is 0 Å². The average Bonchev–Trinajstić information content (AvgIpc) is 2.96. The van der Waals surface area contributed by atoms with E-state index in [1.807, 2.05) is 24.3 Å². The van der Waals surface area contributed by atoms with Crippen molar-refractivity contribution in [1.82, 2.24) is 9.55 Å². The van der Waals surface area contributed by atoms with Gasteiger partial charge in [-0.05, 0) is 12.1 Å². The lowest BCUT2D eigenvalue weighted by atomic mass is 10.1. The smallest absolute Gasteiger partial charge is 0.329 e. The van der Waals surface area contributed by atoms with Gasteiger partial charge in [0, 0.05) is 17.4 Å². The van der Waals surface area contributed by atoms with Gasteiger partial charge in [0.25, 0.3) is 0 Å². The molecule has 2 N–H and O–H groups in total. The molecule has 0 radical (unpaired) electrons. The third-order valence-electron chi connectivity index (χ3n) is 3.13. The highest BCUT2D eigenvalue weighted by atomic mass is 16.4. The van der Waals surface area contributed by atoms with Crippen molar-refractivity contribution in [2.45, 2.75) is 6.54 Å². The molecular formula is C14H10N3O4-. The number of aromatic hydroxyl groups is 1. The Labute approximate surface area is 118 Å². The number of hydrogen-bond acceptors (Lipinski definition) is 5. The second kappa shape index (κ2) is 4.78. The number of rotatable bonds is 3. The first-order valence-corrected chi connectivity index (χ1v) is 6.13. The van der Waals surface area contributed by atoms with Crippen molar-refractivity contribution >= 4 is 29.5 Å². The molecule has 3 rings (SSSR count). The van der Waals surface area contributed by atoms with Crippen molar-refractivity contribution in [1.29, 1.82) is 0 Å². The number of carboxylic acid groups (broad SMARTS) is 1. The fraction of sp³-hybridized carbons (Fsp3) is 0.0714. The number of carbonyl (C=O) groups is 1. The lowest BCUT2D eigenvalue weighted by Crippen LogP contribution is -2.31. The first-order valence-electron chi connectivity index (χ1n) is 6.13. The van der Waals surface area contributed by atoms with E-state index in [0.717, 1.165) is 11.3 Å². The van der Waals surface area contributed by atoms with E-state index in [1.54, 1.807) is 6.21 Å². The first kappa shape index (κ1) is 12.9. The quantitative estimate of drug-likeness (QED) is 0.819. The topological polar surface area (TPSA) is 111 Å². The Balaban J connectivity index is 2.04. The number of aromatic nitrogens is 2. The molecule has 0 unspecified atom stereocenters. The van der Waals surface area contributed by atoms with Crippen LogP contribution in [-0.2, 0) is 11.3 Å². The number of aliphatic imine (C=N–C) groups is 1. The molecule has 0 bridgehead atoms. The summed E-state index contributed by atoms with van der Waals surface area (Å²) in [5.41, 5.74) is 1.78. The van der Waals surface area contributed by atoms with Gasteiger partial charge >= 0.3 is 5.69 Å². The molecular weight excluding hydrogens is 274 g/mol. The van der Waals surface area contributed by atoms with Crippen molar-refractivity contribution < 1.29 is 15.0 Å². The van der Waals surface area contributed by atoms with E-state index < -0.39 is 24.1 Å². The van der Waals surface area contributed by atoms with Gasteiger partial charge in [0.15, 0.2) is 0 Å². The molecule has 0 amide bonds. The minimum Gasteiger partial charge on any atom is -0.548 e. The highest BCUT2D eigenvalue weighted by Gasteiger charge is 2.15. The van der Waals surface area contributed by atoms with Crippen LogP contribution >= 0.6 is 0 Å². The van der Waals surface area contributed by atoms with Gasteiger partial charge in [-0.15, -0.1) is 0 Å². The SMILES string of the molecule is O=C([O-])Cn1c(O)c(/C=C2\C=Nc3ccccc32)[nH]c1=O. The summed E-state index contributed by atoms with van der Waals surface area (Å²) in [6.07, 6.45) is 3.15. The third-order valence-corrected chi connectivity index (χ3v) is 3.13. The molecule has 7 nitrogen and oxygen atoms in total. The van der Waals surface area contributed by atoms with Crippen LogP contribution < -0.4 is 10.8 Å². The molecule has 0 saturated carbocycles. The van der Waals surface area contributed by atoms with Gasteiger partial charge < -0.3 is 20.0 Å². The highest BCUT2D eigenvalue weighted by molar-refractivity contribution is 6.21. The number of allylic oxidation sites excluding steroid dienone is 1. The van der Waals surface area contributed by atoms with Gasteiger partial charge in [0.05, 0.1) is 18.2 Å². The summed E-state index contributed by atoms with van der Waals surface area (Å²) in [6.45, 7) is -0.713. The lowest BCUT2D eigenvalue weighted by Gasteiger charge is -2.03. The molecule has 0 aliphatic carbocycles. The first-order chi connectivity index (χ1) is 10.1. The van der Waals surface area contributed by atoms with Crippen molar-refractivity contribution in [3.8, 4) is 5.88 Å². The summed E-state index contributed by atoms with van der Waals surface area (Å²) in [6, 6.07) is 7.41. The fourth-order valence-corrected chi connectivity index (χ4v) is 2.17. The number of hydrogen-bond donors (Lipinski definition) is 2. The van der Waals surface area contributed by atoms with Crippen LogP contribution in [0, 0.1) is 0 Å². The molecule has 0 fully saturated rings. The third kappa shape index (κ3) is 2.25. The number of aromatic amines is 1. The number of benzene rings is 1. The second-order valence-electron chi connectivity index (χ2n) is 4.50. The summed E-state index contributed by atoms with van der Waals surface area (Å²) in [4.78, 5) is 28.8. The number of nitrogens with one attached hydrogen (secondary N) is 1. The van der Waals surface area contributed by atoms with Crippen LogP contribution in [0.25, 0.3) is 11.6 Å². The van der Waals surface area contributed by atoms with E-state index in [2.05, 4.69) is 9.98 Å².